The lowest BCUT2D eigenvalue weighted by atomic mass is 9.99. The molecule has 3 rings (SSSR count). The third-order valence-electron chi connectivity index (χ3n) is 4.60. The van der Waals surface area contributed by atoms with E-state index >= 15 is 0 Å². The summed E-state index contributed by atoms with van der Waals surface area (Å²) in [7, 11) is 0. The molecule has 4 unspecified atom stereocenters. The Kier molecular flexibility index (Phi) is 3.40. The second-order valence-electron chi connectivity index (χ2n) is 5.92. The molecule has 2 nitrogen and oxygen atoms in total. The number of hydrogen-bond acceptors (Lipinski definition) is 2. The van der Waals surface area contributed by atoms with E-state index < -0.39 is 0 Å². The quantitative estimate of drug-likeness (QED) is 0.879. The van der Waals surface area contributed by atoms with Crippen molar-refractivity contribution in [3.05, 3.63) is 35.9 Å². The van der Waals surface area contributed by atoms with E-state index in [4.69, 9.17) is 0 Å². The lowest BCUT2D eigenvalue weighted by molar-refractivity contribution is 0.115. The molecule has 0 radical (unpaired) electrons. The Bertz CT molecular complexity index is 389. The summed E-state index contributed by atoms with van der Waals surface area (Å²) < 4.78 is 0. The van der Waals surface area contributed by atoms with Crippen molar-refractivity contribution in [3.63, 3.8) is 0 Å². The molecule has 1 aromatic rings. The van der Waals surface area contributed by atoms with Crippen molar-refractivity contribution in [2.45, 2.75) is 44.8 Å². The highest BCUT2D eigenvalue weighted by Crippen LogP contribution is 2.40. The summed E-state index contributed by atoms with van der Waals surface area (Å²) in [6.45, 7) is 6.99. The normalized spacial score (nSPS) is 36.6. The molecule has 2 aliphatic rings. The van der Waals surface area contributed by atoms with Crippen molar-refractivity contribution in [2.75, 3.05) is 13.1 Å². The fourth-order valence-electron chi connectivity index (χ4n) is 3.23. The molecule has 1 aliphatic carbocycles. The van der Waals surface area contributed by atoms with Gasteiger partial charge in [0.1, 0.15) is 0 Å². The number of hydrogen-bond donors (Lipinski definition) is 1. The Hall–Kier alpha value is -0.860. The molecule has 0 bridgehead atoms. The summed E-state index contributed by atoms with van der Waals surface area (Å²) in [5, 5.41) is 3.70. The van der Waals surface area contributed by atoms with Crippen LogP contribution in [-0.4, -0.2) is 30.1 Å². The van der Waals surface area contributed by atoms with Crippen LogP contribution in [0.4, 0.5) is 0 Å². The summed E-state index contributed by atoms with van der Waals surface area (Å²) in [5.74, 6) is 0.895. The molecule has 1 N–H and O–H groups in total. The molecule has 0 amide bonds. The van der Waals surface area contributed by atoms with Crippen molar-refractivity contribution in [2.24, 2.45) is 5.92 Å². The third kappa shape index (κ3) is 2.32. The predicted octanol–water partition coefficient (Wildman–Crippen LogP) is 2.82. The zero-order valence-corrected chi connectivity index (χ0v) is 11.5. The summed E-state index contributed by atoms with van der Waals surface area (Å²) in [4.78, 5) is 2.75. The summed E-state index contributed by atoms with van der Waals surface area (Å²) in [6.07, 6.45) is 2.62. The van der Waals surface area contributed by atoms with Crippen molar-refractivity contribution >= 4 is 0 Å². The topological polar surface area (TPSA) is 15.3 Å². The van der Waals surface area contributed by atoms with Crippen LogP contribution in [0.1, 0.15) is 38.3 Å². The highest BCUT2D eigenvalue weighted by atomic mass is 15.3. The minimum atomic E-state index is 0.573. The van der Waals surface area contributed by atoms with Gasteiger partial charge in [0.2, 0.25) is 0 Å². The fourth-order valence-corrected chi connectivity index (χ4v) is 3.23. The molecule has 1 saturated heterocycles. The molecular weight excluding hydrogens is 220 g/mol. The molecule has 1 aromatic carbocycles. The first kappa shape index (κ1) is 12.2. The summed E-state index contributed by atoms with van der Waals surface area (Å²) >= 11 is 0. The first-order chi connectivity index (χ1) is 8.79. The average molecular weight is 244 g/mol. The molecule has 4 atom stereocenters. The minimum Gasteiger partial charge on any atom is -0.311 e. The van der Waals surface area contributed by atoms with E-state index in [1.54, 1.807) is 0 Å². The Balaban J connectivity index is 1.79. The van der Waals surface area contributed by atoms with Gasteiger partial charge in [-0.1, -0.05) is 44.2 Å². The molecular formula is C16H24N2. The number of piperazine rings is 1. The second kappa shape index (κ2) is 5.02. The van der Waals surface area contributed by atoms with Crippen LogP contribution >= 0.6 is 0 Å². The Morgan fingerprint density at radius 3 is 2.61 bits per heavy atom. The van der Waals surface area contributed by atoms with Crippen LogP contribution < -0.4 is 5.32 Å². The molecule has 1 heterocycles. The van der Waals surface area contributed by atoms with Gasteiger partial charge in [0.25, 0.3) is 0 Å². The fraction of sp³-hybridized carbons (Fsp3) is 0.625. The zero-order valence-electron chi connectivity index (χ0n) is 11.5. The minimum absolute atomic E-state index is 0.573. The molecule has 0 aromatic heterocycles. The van der Waals surface area contributed by atoms with Crippen molar-refractivity contribution in [3.8, 4) is 0 Å². The predicted molar refractivity (Wildman–Crippen MR) is 75.5 cm³/mol. The molecule has 2 heteroatoms. The van der Waals surface area contributed by atoms with E-state index in [2.05, 4.69) is 54.4 Å². The Labute approximate surface area is 110 Å². The second-order valence-corrected chi connectivity index (χ2v) is 5.92. The number of benzene rings is 1. The molecule has 18 heavy (non-hydrogen) atoms. The van der Waals surface area contributed by atoms with Gasteiger partial charge in [0, 0.05) is 31.2 Å². The lowest BCUT2D eigenvalue weighted by Gasteiger charge is -2.41. The molecule has 98 valence electrons. The van der Waals surface area contributed by atoms with Gasteiger partial charge in [-0.2, -0.15) is 0 Å². The first-order valence-corrected chi connectivity index (χ1v) is 7.33. The highest BCUT2D eigenvalue weighted by Gasteiger charge is 2.43. The van der Waals surface area contributed by atoms with E-state index in [-0.39, 0.29) is 0 Å². The maximum atomic E-state index is 3.70. The van der Waals surface area contributed by atoms with Crippen LogP contribution in [0.5, 0.6) is 0 Å². The van der Waals surface area contributed by atoms with Gasteiger partial charge in [-0.3, -0.25) is 4.90 Å². The zero-order chi connectivity index (χ0) is 12.5. The SMILES string of the molecule is CCC1CN(C2CC2C)C(c2ccccc2)CN1. The van der Waals surface area contributed by atoms with E-state index in [1.165, 1.54) is 24.9 Å². The molecule has 0 spiro atoms. The summed E-state index contributed by atoms with van der Waals surface area (Å²) in [5.41, 5.74) is 1.47. The van der Waals surface area contributed by atoms with Gasteiger partial charge < -0.3 is 5.32 Å². The van der Waals surface area contributed by atoms with Gasteiger partial charge in [-0.15, -0.1) is 0 Å². The van der Waals surface area contributed by atoms with E-state index in [9.17, 15) is 0 Å². The van der Waals surface area contributed by atoms with E-state index in [1.807, 2.05) is 0 Å². The van der Waals surface area contributed by atoms with Crippen LogP contribution in [-0.2, 0) is 0 Å². The molecule has 1 aliphatic heterocycles. The van der Waals surface area contributed by atoms with Crippen LogP contribution in [0.15, 0.2) is 30.3 Å². The van der Waals surface area contributed by atoms with Crippen LogP contribution in [0.25, 0.3) is 0 Å². The summed E-state index contributed by atoms with van der Waals surface area (Å²) in [6, 6.07) is 13.1. The van der Waals surface area contributed by atoms with Gasteiger partial charge in [-0.25, -0.2) is 0 Å². The van der Waals surface area contributed by atoms with Crippen molar-refractivity contribution in [1.29, 1.82) is 0 Å². The third-order valence-corrected chi connectivity index (χ3v) is 4.60. The highest BCUT2D eigenvalue weighted by molar-refractivity contribution is 5.21. The van der Waals surface area contributed by atoms with Gasteiger partial charge in [-0.05, 0) is 24.3 Å². The maximum absolute atomic E-state index is 3.70. The van der Waals surface area contributed by atoms with Crippen molar-refractivity contribution in [1.82, 2.24) is 10.2 Å². The average Bonchev–Trinajstić information content (AvgIpc) is 3.16. The molecule has 1 saturated carbocycles. The lowest BCUT2D eigenvalue weighted by Crippen LogP contribution is -2.53. The Morgan fingerprint density at radius 2 is 2.00 bits per heavy atom. The number of nitrogens with one attached hydrogen (secondary N) is 1. The van der Waals surface area contributed by atoms with E-state index in [0.717, 1.165) is 18.5 Å². The number of nitrogens with zero attached hydrogens (tertiary/aromatic N) is 1. The van der Waals surface area contributed by atoms with Crippen LogP contribution in [0.2, 0.25) is 0 Å². The first-order valence-electron chi connectivity index (χ1n) is 7.33. The van der Waals surface area contributed by atoms with Crippen LogP contribution in [0.3, 0.4) is 0 Å². The van der Waals surface area contributed by atoms with Crippen molar-refractivity contribution < 1.29 is 0 Å². The monoisotopic (exact) mass is 244 g/mol. The largest absolute Gasteiger partial charge is 0.311 e. The smallest absolute Gasteiger partial charge is 0.0476 e. The standard InChI is InChI=1S/C16H24N2/c1-3-14-11-18(15-9-12(15)2)16(10-17-14)13-7-5-4-6-8-13/h4-8,12,14-17H,3,9-11H2,1-2H3. The molecule has 2 fully saturated rings. The Morgan fingerprint density at radius 1 is 1.28 bits per heavy atom. The van der Waals surface area contributed by atoms with Gasteiger partial charge in [0.05, 0.1) is 0 Å². The maximum Gasteiger partial charge on any atom is 0.0476 e. The van der Waals surface area contributed by atoms with Crippen LogP contribution in [0, 0.1) is 5.92 Å². The number of rotatable bonds is 3. The van der Waals surface area contributed by atoms with E-state index in [0.29, 0.717) is 12.1 Å². The van der Waals surface area contributed by atoms with Gasteiger partial charge >= 0.3 is 0 Å². The van der Waals surface area contributed by atoms with Gasteiger partial charge in [0.15, 0.2) is 0 Å².